The lowest BCUT2D eigenvalue weighted by Gasteiger charge is -2.28. The number of nitrogens with zero attached hydrogens (tertiary/aromatic N) is 3. The van der Waals surface area contributed by atoms with Crippen LogP contribution in [0.15, 0.2) is 23.9 Å². The summed E-state index contributed by atoms with van der Waals surface area (Å²) in [6.07, 6.45) is 2.95. The molecule has 1 aliphatic heterocycles. The molecule has 1 saturated carbocycles. The maximum absolute atomic E-state index is 13.8. The first kappa shape index (κ1) is 19.6. The predicted molar refractivity (Wildman–Crippen MR) is 108 cm³/mol. The highest BCUT2D eigenvalue weighted by Gasteiger charge is 2.30. The lowest BCUT2D eigenvalue weighted by molar-refractivity contribution is 0.0779. The highest BCUT2D eigenvalue weighted by atomic mass is 35.5. The van der Waals surface area contributed by atoms with Crippen molar-refractivity contribution in [1.82, 2.24) is 14.9 Å². The second kappa shape index (κ2) is 7.63. The minimum atomic E-state index is -0.434. The average molecular weight is 417 g/mol. The molecule has 0 saturated heterocycles. The Morgan fingerprint density at radius 3 is 2.55 bits per heavy atom. The topological polar surface area (TPSA) is 81.3 Å². The van der Waals surface area contributed by atoms with Crippen molar-refractivity contribution in [3.8, 4) is 5.75 Å². The normalized spacial score (nSPS) is 16.9. The van der Waals surface area contributed by atoms with Crippen LogP contribution >= 0.6 is 11.6 Å². The second-order valence-electron chi connectivity index (χ2n) is 7.51. The number of ether oxygens (including phenoxy) is 1. The minimum Gasteiger partial charge on any atom is -0.489 e. The number of nitrogens with two attached hydrogens (primary N) is 1. The molecule has 1 aliphatic carbocycles. The molecule has 0 bridgehead atoms. The van der Waals surface area contributed by atoms with Gasteiger partial charge in [-0.1, -0.05) is 11.6 Å². The van der Waals surface area contributed by atoms with E-state index in [9.17, 15) is 9.18 Å². The fourth-order valence-electron chi connectivity index (χ4n) is 3.45. The monoisotopic (exact) mass is 416 g/mol. The molecule has 29 heavy (non-hydrogen) atoms. The molecule has 1 amide bonds. The Morgan fingerprint density at radius 2 is 1.93 bits per heavy atom. The van der Waals surface area contributed by atoms with E-state index in [4.69, 9.17) is 22.1 Å². The van der Waals surface area contributed by atoms with E-state index >= 15 is 0 Å². The minimum absolute atomic E-state index is 0.0362. The van der Waals surface area contributed by atoms with Crippen LogP contribution in [0.4, 0.5) is 4.39 Å². The van der Waals surface area contributed by atoms with Crippen molar-refractivity contribution in [3.05, 3.63) is 57.5 Å². The summed E-state index contributed by atoms with van der Waals surface area (Å²) >= 11 is 6.16. The summed E-state index contributed by atoms with van der Waals surface area (Å²) in [5.74, 6) is 0.0548. The summed E-state index contributed by atoms with van der Waals surface area (Å²) in [5, 5.41) is 0.517. The number of amides is 1. The highest BCUT2D eigenvalue weighted by molar-refractivity contribution is 6.31. The molecule has 0 radical (unpaired) electrons. The zero-order valence-electron chi connectivity index (χ0n) is 16.3. The van der Waals surface area contributed by atoms with Crippen molar-refractivity contribution < 1.29 is 13.9 Å². The highest BCUT2D eigenvalue weighted by Crippen LogP contribution is 2.31. The standard InChI is InChI=1S/C21H22ClFN4O2/c1-11-19(22)12(2)26-20(25-11)16-9-27(10-17(16)24)21(28)15-7-6-13(23)8-18(15)29-14-4-3-5-14/h6-8,14H,3-5,9-10,24H2,1-2H3. The third-order valence-corrected chi connectivity index (χ3v) is 5.90. The number of halogens is 2. The van der Waals surface area contributed by atoms with Gasteiger partial charge in [-0.25, -0.2) is 14.4 Å². The lowest BCUT2D eigenvalue weighted by Crippen LogP contribution is -2.32. The summed E-state index contributed by atoms with van der Waals surface area (Å²) < 4.78 is 19.6. The first-order valence-corrected chi connectivity index (χ1v) is 9.95. The largest absolute Gasteiger partial charge is 0.489 e. The van der Waals surface area contributed by atoms with Gasteiger partial charge in [0.2, 0.25) is 0 Å². The van der Waals surface area contributed by atoms with Crippen LogP contribution in [-0.4, -0.2) is 40.0 Å². The Morgan fingerprint density at radius 1 is 1.24 bits per heavy atom. The Hall–Kier alpha value is -2.67. The molecule has 4 rings (SSSR count). The third-order valence-electron chi connectivity index (χ3n) is 5.36. The molecule has 1 aromatic carbocycles. The van der Waals surface area contributed by atoms with Crippen LogP contribution < -0.4 is 10.5 Å². The van der Waals surface area contributed by atoms with Crippen LogP contribution in [0.2, 0.25) is 5.02 Å². The molecule has 2 heterocycles. The second-order valence-corrected chi connectivity index (χ2v) is 7.89. The van der Waals surface area contributed by atoms with E-state index in [0.29, 0.717) is 39.1 Å². The van der Waals surface area contributed by atoms with Gasteiger partial charge in [0.1, 0.15) is 11.6 Å². The number of hydrogen-bond acceptors (Lipinski definition) is 5. The zero-order valence-corrected chi connectivity index (χ0v) is 17.1. The summed E-state index contributed by atoms with van der Waals surface area (Å²) in [6.45, 7) is 4.12. The van der Waals surface area contributed by atoms with Gasteiger partial charge in [-0.15, -0.1) is 0 Å². The van der Waals surface area contributed by atoms with E-state index in [0.717, 1.165) is 19.3 Å². The summed E-state index contributed by atoms with van der Waals surface area (Å²) in [7, 11) is 0. The lowest BCUT2D eigenvalue weighted by atomic mass is 9.96. The Labute approximate surface area is 173 Å². The van der Waals surface area contributed by atoms with Crippen molar-refractivity contribution in [2.75, 3.05) is 13.1 Å². The van der Waals surface area contributed by atoms with Crippen molar-refractivity contribution in [3.63, 3.8) is 0 Å². The van der Waals surface area contributed by atoms with Gasteiger partial charge in [-0.05, 0) is 45.2 Å². The van der Waals surface area contributed by atoms with E-state index in [-0.39, 0.29) is 30.9 Å². The van der Waals surface area contributed by atoms with E-state index in [1.54, 1.807) is 18.7 Å². The predicted octanol–water partition coefficient (Wildman–Crippen LogP) is 3.64. The van der Waals surface area contributed by atoms with Gasteiger partial charge in [0, 0.05) is 17.3 Å². The van der Waals surface area contributed by atoms with Gasteiger partial charge in [-0.3, -0.25) is 4.79 Å². The molecule has 0 spiro atoms. The molecule has 0 atom stereocenters. The fourth-order valence-corrected chi connectivity index (χ4v) is 3.54. The van der Waals surface area contributed by atoms with E-state index in [1.807, 2.05) is 0 Å². The Kier molecular flexibility index (Phi) is 5.17. The maximum atomic E-state index is 13.8. The van der Waals surface area contributed by atoms with Gasteiger partial charge >= 0.3 is 0 Å². The number of carbonyl (C=O) groups is 1. The van der Waals surface area contributed by atoms with E-state index < -0.39 is 5.82 Å². The van der Waals surface area contributed by atoms with Gasteiger partial charge in [0.25, 0.3) is 5.91 Å². The van der Waals surface area contributed by atoms with Gasteiger partial charge < -0.3 is 15.4 Å². The van der Waals surface area contributed by atoms with Crippen LogP contribution in [-0.2, 0) is 0 Å². The van der Waals surface area contributed by atoms with Crippen molar-refractivity contribution in [2.24, 2.45) is 5.73 Å². The molecular weight excluding hydrogens is 395 g/mol. The average Bonchev–Trinajstić information content (AvgIpc) is 3.03. The molecule has 2 N–H and O–H groups in total. The van der Waals surface area contributed by atoms with Crippen LogP contribution in [0.5, 0.6) is 5.75 Å². The van der Waals surface area contributed by atoms with Crippen molar-refractivity contribution >= 4 is 23.1 Å². The summed E-state index contributed by atoms with van der Waals surface area (Å²) in [5.41, 5.74) is 9.09. The number of rotatable bonds is 4. The van der Waals surface area contributed by atoms with Crippen LogP contribution in [0.25, 0.3) is 5.57 Å². The Bertz CT molecular complexity index is 997. The number of aromatic nitrogens is 2. The summed E-state index contributed by atoms with van der Waals surface area (Å²) in [6, 6.07) is 4.00. The maximum Gasteiger partial charge on any atom is 0.258 e. The summed E-state index contributed by atoms with van der Waals surface area (Å²) in [4.78, 5) is 23.6. The quantitative estimate of drug-likeness (QED) is 0.822. The van der Waals surface area contributed by atoms with Gasteiger partial charge in [0.15, 0.2) is 5.82 Å². The molecule has 1 fully saturated rings. The first-order valence-electron chi connectivity index (χ1n) is 9.57. The fraction of sp³-hybridized carbons (Fsp3) is 0.381. The van der Waals surface area contributed by atoms with Crippen molar-refractivity contribution in [2.45, 2.75) is 39.2 Å². The number of benzene rings is 1. The third kappa shape index (κ3) is 3.79. The van der Waals surface area contributed by atoms with E-state index in [2.05, 4.69) is 9.97 Å². The SMILES string of the molecule is Cc1nc(C2=C(N)CN(C(=O)c3ccc(F)cc3OC3CCC3)C2)nc(C)c1Cl. The van der Waals surface area contributed by atoms with Crippen LogP contribution in [0.1, 0.15) is 46.8 Å². The number of aryl methyl sites for hydroxylation is 2. The van der Waals surface area contributed by atoms with Gasteiger partial charge in [-0.2, -0.15) is 0 Å². The molecule has 2 aliphatic rings. The molecule has 6 nitrogen and oxygen atoms in total. The molecule has 8 heteroatoms. The molecule has 152 valence electrons. The number of hydrogen-bond donors (Lipinski definition) is 1. The van der Waals surface area contributed by atoms with Gasteiger partial charge in [0.05, 0.1) is 41.2 Å². The van der Waals surface area contributed by atoms with Crippen LogP contribution in [0, 0.1) is 19.7 Å². The molecular formula is C21H22ClFN4O2. The molecule has 1 aromatic heterocycles. The molecule has 0 unspecified atom stereocenters. The zero-order chi connectivity index (χ0) is 20.7. The van der Waals surface area contributed by atoms with Crippen molar-refractivity contribution in [1.29, 1.82) is 0 Å². The van der Waals surface area contributed by atoms with E-state index in [1.165, 1.54) is 18.2 Å². The smallest absolute Gasteiger partial charge is 0.258 e. The Balaban J connectivity index is 1.58. The first-order chi connectivity index (χ1) is 13.8. The molecule has 2 aromatic rings. The van der Waals surface area contributed by atoms with Crippen LogP contribution in [0.3, 0.4) is 0 Å². The number of carbonyl (C=O) groups excluding carboxylic acids is 1.